The Morgan fingerprint density at radius 2 is 1.77 bits per heavy atom. The van der Waals surface area contributed by atoms with Gasteiger partial charge in [-0.15, -0.1) is 0 Å². The van der Waals surface area contributed by atoms with Crippen LogP contribution in [0.2, 0.25) is 5.02 Å². The fourth-order valence-electron chi connectivity index (χ4n) is 2.85. The van der Waals surface area contributed by atoms with E-state index in [0.29, 0.717) is 10.6 Å². The number of benzene rings is 2. The minimum absolute atomic E-state index is 0.212. The van der Waals surface area contributed by atoms with Gasteiger partial charge in [0.15, 0.2) is 0 Å². The van der Waals surface area contributed by atoms with E-state index in [0.717, 1.165) is 17.0 Å². The van der Waals surface area contributed by atoms with E-state index in [1.165, 1.54) is 12.1 Å². The van der Waals surface area contributed by atoms with Crippen molar-refractivity contribution in [3.63, 3.8) is 0 Å². The van der Waals surface area contributed by atoms with Gasteiger partial charge in [0.05, 0.1) is 12.1 Å². The highest BCUT2D eigenvalue weighted by Crippen LogP contribution is 2.32. The summed E-state index contributed by atoms with van der Waals surface area (Å²) in [5.74, 6) is -0.540. The molecule has 1 heterocycles. The molecule has 136 valence electrons. The number of nitrogens with zero attached hydrogens (tertiary/aromatic N) is 1. The number of imide groups is 1. The SMILES string of the molecule is CC1(c2ccc(Cl)cc2)NC(=O)N(Cc2cccc(C(F)(F)F)c2)C1=O. The molecule has 0 aliphatic carbocycles. The molecule has 0 bridgehead atoms. The van der Waals surface area contributed by atoms with E-state index < -0.39 is 29.2 Å². The molecule has 0 radical (unpaired) electrons. The lowest BCUT2D eigenvalue weighted by Crippen LogP contribution is -2.40. The number of nitrogens with one attached hydrogen (secondary N) is 1. The average Bonchev–Trinajstić information content (AvgIpc) is 2.79. The summed E-state index contributed by atoms with van der Waals surface area (Å²) in [6.45, 7) is 1.29. The molecule has 26 heavy (non-hydrogen) atoms. The highest BCUT2D eigenvalue weighted by molar-refractivity contribution is 6.30. The number of rotatable bonds is 3. The lowest BCUT2D eigenvalue weighted by Gasteiger charge is -2.22. The summed E-state index contributed by atoms with van der Waals surface area (Å²) in [7, 11) is 0. The Morgan fingerprint density at radius 1 is 1.12 bits per heavy atom. The van der Waals surface area contributed by atoms with Crippen LogP contribution in [0, 0.1) is 0 Å². The first kappa shape index (κ1) is 18.3. The van der Waals surface area contributed by atoms with Crippen LogP contribution in [0.5, 0.6) is 0 Å². The Kier molecular flexibility index (Phi) is 4.44. The second kappa shape index (κ2) is 6.32. The summed E-state index contributed by atoms with van der Waals surface area (Å²) >= 11 is 5.84. The number of carbonyl (C=O) groups excluding carboxylic acids is 2. The van der Waals surface area contributed by atoms with E-state index in [9.17, 15) is 22.8 Å². The maximum absolute atomic E-state index is 12.8. The summed E-state index contributed by atoms with van der Waals surface area (Å²) in [6, 6.07) is 10.3. The third kappa shape index (κ3) is 3.26. The third-order valence-corrected chi connectivity index (χ3v) is 4.54. The van der Waals surface area contributed by atoms with Crippen LogP contribution in [0.1, 0.15) is 23.6 Å². The summed E-state index contributed by atoms with van der Waals surface area (Å²) in [5.41, 5.74) is -1.39. The fourth-order valence-corrected chi connectivity index (χ4v) is 2.97. The lowest BCUT2D eigenvalue weighted by molar-refractivity contribution is -0.137. The standard InChI is InChI=1S/C18H14ClF3N2O2/c1-17(12-5-7-14(19)8-6-12)15(25)24(16(26)23-17)10-11-3-2-4-13(9-11)18(20,21)22/h2-9H,10H2,1H3,(H,23,26). The van der Waals surface area contributed by atoms with Crippen molar-refractivity contribution in [2.75, 3.05) is 0 Å². The minimum atomic E-state index is -4.49. The van der Waals surface area contributed by atoms with Gasteiger partial charge in [-0.2, -0.15) is 13.2 Å². The van der Waals surface area contributed by atoms with Gasteiger partial charge in [0.25, 0.3) is 5.91 Å². The highest BCUT2D eigenvalue weighted by Gasteiger charge is 2.48. The predicted molar refractivity (Wildman–Crippen MR) is 89.3 cm³/mol. The van der Waals surface area contributed by atoms with E-state index in [1.807, 2.05) is 0 Å². The van der Waals surface area contributed by atoms with Gasteiger partial charge in [0, 0.05) is 5.02 Å². The Balaban J connectivity index is 1.87. The molecule has 0 spiro atoms. The van der Waals surface area contributed by atoms with Gasteiger partial charge < -0.3 is 5.32 Å². The zero-order chi connectivity index (χ0) is 19.1. The predicted octanol–water partition coefficient (Wildman–Crippen LogP) is 4.33. The first-order valence-electron chi connectivity index (χ1n) is 7.67. The van der Waals surface area contributed by atoms with Crippen LogP contribution >= 0.6 is 11.6 Å². The fraction of sp³-hybridized carbons (Fsp3) is 0.222. The first-order valence-corrected chi connectivity index (χ1v) is 8.05. The Hall–Kier alpha value is -2.54. The zero-order valence-corrected chi connectivity index (χ0v) is 14.4. The molecule has 3 amide bonds. The molecular formula is C18H14ClF3N2O2. The molecular weight excluding hydrogens is 369 g/mol. The largest absolute Gasteiger partial charge is 0.416 e. The molecule has 2 aromatic rings. The zero-order valence-electron chi connectivity index (χ0n) is 13.6. The average molecular weight is 383 g/mol. The Labute approximate surface area is 152 Å². The topological polar surface area (TPSA) is 49.4 Å². The van der Waals surface area contributed by atoms with E-state index in [1.54, 1.807) is 31.2 Å². The molecule has 1 saturated heterocycles. The third-order valence-electron chi connectivity index (χ3n) is 4.29. The molecule has 1 fully saturated rings. The molecule has 2 aromatic carbocycles. The van der Waals surface area contributed by atoms with Crippen molar-refractivity contribution in [3.8, 4) is 0 Å². The molecule has 1 unspecified atom stereocenters. The van der Waals surface area contributed by atoms with Crippen molar-refractivity contribution in [1.29, 1.82) is 0 Å². The monoisotopic (exact) mass is 382 g/mol. The van der Waals surface area contributed by atoms with Crippen LogP contribution in [-0.4, -0.2) is 16.8 Å². The molecule has 1 atom stereocenters. The summed E-state index contributed by atoms with van der Waals surface area (Å²) < 4.78 is 38.5. The van der Waals surface area contributed by atoms with Crippen molar-refractivity contribution in [2.45, 2.75) is 25.2 Å². The molecule has 1 aliphatic heterocycles. The summed E-state index contributed by atoms with van der Waals surface area (Å²) in [6.07, 6.45) is -4.49. The minimum Gasteiger partial charge on any atom is -0.319 e. The number of carbonyl (C=O) groups is 2. The van der Waals surface area contributed by atoms with Crippen LogP contribution in [0.15, 0.2) is 48.5 Å². The number of hydrogen-bond acceptors (Lipinski definition) is 2. The number of halogens is 4. The van der Waals surface area contributed by atoms with Crippen LogP contribution in [0.4, 0.5) is 18.0 Å². The number of amides is 3. The normalized spacial score (nSPS) is 20.4. The van der Waals surface area contributed by atoms with Crippen LogP contribution < -0.4 is 5.32 Å². The van der Waals surface area contributed by atoms with E-state index in [-0.39, 0.29) is 12.1 Å². The number of urea groups is 1. The summed E-state index contributed by atoms with van der Waals surface area (Å²) in [4.78, 5) is 26.0. The molecule has 1 aliphatic rings. The van der Waals surface area contributed by atoms with Crippen molar-refractivity contribution in [1.82, 2.24) is 10.2 Å². The first-order chi connectivity index (χ1) is 12.1. The van der Waals surface area contributed by atoms with Crippen molar-refractivity contribution in [3.05, 3.63) is 70.2 Å². The van der Waals surface area contributed by atoms with Crippen LogP contribution in [0.3, 0.4) is 0 Å². The molecule has 8 heteroatoms. The molecule has 4 nitrogen and oxygen atoms in total. The number of alkyl halides is 3. The van der Waals surface area contributed by atoms with Crippen LogP contribution in [0.25, 0.3) is 0 Å². The van der Waals surface area contributed by atoms with Gasteiger partial charge in [0.1, 0.15) is 5.54 Å². The van der Waals surface area contributed by atoms with Gasteiger partial charge in [-0.05, 0) is 42.3 Å². The van der Waals surface area contributed by atoms with Gasteiger partial charge in [-0.1, -0.05) is 35.9 Å². The van der Waals surface area contributed by atoms with E-state index >= 15 is 0 Å². The number of hydrogen-bond donors (Lipinski definition) is 1. The molecule has 3 rings (SSSR count). The molecule has 0 aromatic heterocycles. The molecule has 1 N–H and O–H groups in total. The van der Waals surface area contributed by atoms with Gasteiger partial charge >= 0.3 is 12.2 Å². The summed E-state index contributed by atoms with van der Waals surface area (Å²) in [5, 5.41) is 3.08. The quantitative estimate of drug-likeness (QED) is 0.803. The maximum Gasteiger partial charge on any atom is 0.416 e. The maximum atomic E-state index is 12.8. The smallest absolute Gasteiger partial charge is 0.319 e. The molecule has 0 saturated carbocycles. The Morgan fingerprint density at radius 3 is 2.38 bits per heavy atom. The van der Waals surface area contributed by atoms with Gasteiger partial charge in [-0.3, -0.25) is 9.69 Å². The van der Waals surface area contributed by atoms with Crippen molar-refractivity contribution >= 4 is 23.5 Å². The lowest BCUT2D eigenvalue weighted by atomic mass is 9.92. The van der Waals surface area contributed by atoms with E-state index in [4.69, 9.17) is 11.6 Å². The highest BCUT2D eigenvalue weighted by atomic mass is 35.5. The Bertz CT molecular complexity index is 867. The second-order valence-corrected chi connectivity index (χ2v) is 6.59. The van der Waals surface area contributed by atoms with Crippen molar-refractivity contribution < 1.29 is 22.8 Å². The van der Waals surface area contributed by atoms with E-state index in [2.05, 4.69) is 5.32 Å². The van der Waals surface area contributed by atoms with Crippen molar-refractivity contribution in [2.24, 2.45) is 0 Å². The van der Waals surface area contributed by atoms with Gasteiger partial charge in [-0.25, -0.2) is 4.79 Å². The van der Waals surface area contributed by atoms with Crippen LogP contribution in [-0.2, 0) is 23.1 Å². The van der Waals surface area contributed by atoms with Gasteiger partial charge in [0.2, 0.25) is 0 Å². The second-order valence-electron chi connectivity index (χ2n) is 6.15.